The number of nitrogens with zero attached hydrogens (tertiary/aromatic N) is 2. The van der Waals surface area contributed by atoms with E-state index in [0.717, 1.165) is 23.1 Å². The van der Waals surface area contributed by atoms with Gasteiger partial charge in [0.25, 0.3) is 0 Å². The highest BCUT2D eigenvalue weighted by Gasteiger charge is 2.21. The van der Waals surface area contributed by atoms with Crippen molar-refractivity contribution in [1.82, 2.24) is 5.32 Å². The fourth-order valence-corrected chi connectivity index (χ4v) is 3.29. The van der Waals surface area contributed by atoms with Crippen molar-refractivity contribution in [2.45, 2.75) is 25.9 Å². The average Bonchev–Trinajstić information content (AvgIpc) is 2.71. The van der Waals surface area contributed by atoms with E-state index in [1.807, 2.05) is 17.9 Å². The molecule has 0 radical (unpaired) electrons. The van der Waals surface area contributed by atoms with Gasteiger partial charge in [-0.05, 0) is 48.4 Å². The van der Waals surface area contributed by atoms with Crippen LogP contribution in [-0.2, 0) is 16.1 Å². The van der Waals surface area contributed by atoms with Crippen LogP contribution in [0.25, 0.3) is 0 Å². The molecule has 7 heteroatoms. The van der Waals surface area contributed by atoms with Crippen LogP contribution in [-0.4, -0.2) is 39.1 Å². The van der Waals surface area contributed by atoms with Gasteiger partial charge in [-0.2, -0.15) is 5.26 Å². The number of carbonyl (C=O) groups is 1. The summed E-state index contributed by atoms with van der Waals surface area (Å²) in [6.45, 7) is 4.06. The molecule has 2 rings (SSSR count). The Kier molecular flexibility index (Phi) is 9.07. The first-order valence-corrected chi connectivity index (χ1v) is 9.72. The molecule has 0 saturated carbocycles. The van der Waals surface area contributed by atoms with E-state index in [1.165, 1.54) is 12.1 Å². The number of hydrogen-bond acceptors (Lipinski definition) is 5. The third-order valence-electron chi connectivity index (χ3n) is 4.73. The number of ether oxygens (including phenoxy) is 1. The van der Waals surface area contributed by atoms with Crippen LogP contribution in [0.3, 0.4) is 0 Å². The van der Waals surface area contributed by atoms with Gasteiger partial charge in [-0.3, -0.25) is 0 Å². The first kappa shape index (κ1) is 22.8. The maximum Gasteiger partial charge on any atom is 0.123 e. The Morgan fingerprint density at radius 2 is 2.14 bits per heavy atom. The monoisotopic (exact) mass is 417 g/mol. The van der Waals surface area contributed by atoms with Crippen molar-refractivity contribution in [3.8, 4) is 6.07 Å². The highest BCUT2D eigenvalue weighted by atomic mass is 35.5. The lowest BCUT2D eigenvalue weighted by Crippen LogP contribution is -2.43. The van der Waals surface area contributed by atoms with Crippen LogP contribution in [0.5, 0.6) is 0 Å². The lowest BCUT2D eigenvalue weighted by atomic mass is 10.0. The molecule has 0 aliphatic carbocycles. The van der Waals surface area contributed by atoms with Gasteiger partial charge in [0.15, 0.2) is 0 Å². The topological polar surface area (TPSA) is 65.4 Å². The molecular formula is C22H25ClFN3O2. The maximum atomic E-state index is 13.8. The quantitative estimate of drug-likeness (QED) is 0.444. The van der Waals surface area contributed by atoms with Crippen LogP contribution in [0.15, 0.2) is 36.4 Å². The predicted octanol–water partition coefficient (Wildman–Crippen LogP) is 3.86. The second-order valence-corrected chi connectivity index (χ2v) is 7.13. The first-order valence-electron chi connectivity index (χ1n) is 9.34. The van der Waals surface area contributed by atoms with Gasteiger partial charge in [0.05, 0.1) is 17.2 Å². The Morgan fingerprint density at radius 3 is 2.79 bits per heavy atom. The van der Waals surface area contributed by atoms with Gasteiger partial charge in [-0.15, -0.1) is 0 Å². The third-order valence-corrected chi connectivity index (χ3v) is 5.04. The molecule has 0 heterocycles. The van der Waals surface area contributed by atoms with Crippen LogP contribution in [0.4, 0.5) is 10.1 Å². The molecule has 0 saturated heterocycles. The predicted molar refractivity (Wildman–Crippen MR) is 113 cm³/mol. The molecule has 29 heavy (non-hydrogen) atoms. The molecule has 0 amide bonds. The van der Waals surface area contributed by atoms with Crippen molar-refractivity contribution in [3.63, 3.8) is 0 Å². The smallest absolute Gasteiger partial charge is 0.123 e. The van der Waals surface area contributed by atoms with E-state index in [4.69, 9.17) is 21.6 Å². The summed E-state index contributed by atoms with van der Waals surface area (Å²) in [7, 11) is 1.63. The van der Waals surface area contributed by atoms with E-state index in [1.54, 1.807) is 31.4 Å². The number of methoxy groups -OCH3 is 1. The van der Waals surface area contributed by atoms with Crippen molar-refractivity contribution < 1.29 is 13.9 Å². The number of halogens is 2. The number of aldehydes is 1. The summed E-state index contributed by atoms with van der Waals surface area (Å²) in [5.41, 5.74) is 2.91. The fourth-order valence-electron chi connectivity index (χ4n) is 3.07. The molecule has 0 fully saturated rings. The molecule has 2 aromatic rings. The number of hydrogen-bond donors (Lipinski definition) is 1. The lowest BCUT2D eigenvalue weighted by molar-refractivity contribution is -0.108. The highest BCUT2D eigenvalue weighted by molar-refractivity contribution is 6.32. The zero-order valence-corrected chi connectivity index (χ0v) is 17.4. The minimum absolute atomic E-state index is 0.184. The van der Waals surface area contributed by atoms with Gasteiger partial charge in [0.1, 0.15) is 18.2 Å². The van der Waals surface area contributed by atoms with Crippen molar-refractivity contribution in [1.29, 1.82) is 5.26 Å². The Morgan fingerprint density at radius 1 is 1.34 bits per heavy atom. The molecule has 5 nitrogen and oxygen atoms in total. The van der Waals surface area contributed by atoms with Gasteiger partial charge in [0, 0.05) is 44.9 Å². The molecule has 154 valence electrons. The first-order chi connectivity index (χ1) is 14.0. The minimum atomic E-state index is -0.312. The molecule has 1 atom stereocenters. The summed E-state index contributed by atoms with van der Waals surface area (Å²) in [4.78, 5) is 13.4. The van der Waals surface area contributed by atoms with Crippen LogP contribution in [0.1, 0.15) is 23.1 Å². The highest BCUT2D eigenvalue weighted by Crippen LogP contribution is 2.28. The number of rotatable bonds is 11. The number of nitrogens with one attached hydrogen (secondary N) is 1. The van der Waals surface area contributed by atoms with E-state index in [0.29, 0.717) is 36.8 Å². The van der Waals surface area contributed by atoms with Crippen LogP contribution in [0, 0.1) is 24.1 Å². The number of nitriles is 1. The van der Waals surface area contributed by atoms with E-state index in [-0.39, 0.29) is 18.3 Å². The molecule has 0 aliphatic rings. The Balaban J connectivity index is 2.39. The number of benzene rings is 2. The number of anilines is 1. The molecule has 0 aliphatic heterocycles. The van der Waals surface area contributed by atoms with Gasteiger partial charge in [0.2, 0.25) is 0 Å². The SMILES string of the molecule is COCCNC[C@H](CC=O)N(Cc1cc(F)ccc1C)c1ccc(C#N)c(Cl)c1. The van der Waals surface area contributed by atoms with E-state index in [2.05, 4.69) is 5.32 Å². The Bertz CT molecular complexity index is 870. The van der Waals surface area contributed by atoms with Gasteiger partial charge >= 0.3 is 0 Å². The second kappa shape index (κ2) is 11.5. The average molecular weight is 418 g/mol. The van der Waals surface area contributed by atoms with Crippen molar-refractivity contribution in [3.05, 3.63) is 63.9 Å². The summed E-state index contributed by atoms with van der Waals surface area (Å²) >= 11 is 6.25. The van der Waals surface area contributed by atoms with E-state index >= 15 is 0 Å². The molecule has 2 aromatic carbocycles. The van der Waals surface area contributed by atoms with Gasteiger partial charge in [-0.25, -0.2) is 4.39 Å². The fraction of sp³-hybridized carbons (Fsp3) is 0.364. The van der Waals surface area contributed by atoms with E-state index < -0.39 is 0 Å². The third kappa shape index (κ3) is 6.53. The summed E-state index contributed by atoms with van der Waals surface area (Å²) in [6.07, 6.45) is 1.16. The normalized spacial score (nSPS) is 11.7. The summed E-state index contributed by atoms with van der Waals surface area (Å²) in [6, 6.07) is 11.7. The number of carbonyl (C=O) groups excluding carboxylic acids is 1. The molecule has 0 unspecified atom stereocenters. The van der Waals surface area contributed by atoms with Gasteiger partial charge < -0.3 is 19.7 Å². The molecular weight excluding hydrogens is 393 g/mol. The zero-order chi connectivity index (χ0) is 21.2. The van der Waals surface area contributed by atoms with Crippen LogP contribution in [0.2, 0.25) is 5.02 Å². The van der Waals surface area contributed by atoms with Crippen molar-refractivity contribution in [2.24, 2.45) is 0 Å². The Labute approximate surface area is 176 Å². The summed E-state index contributed by atoms with van der Waals surface area (Å²) < 4.78 is 18.9. The summed E-state index contributed by atoms with van der Waals surface area (Å²) in [5, 5.41) is 12.8. The Hall–Kier alpha value is -2.46. The molecule has 0 bridgehead atoms. The van der Waals surface area contributed by atoms with Crippen LogP contribution >= 0.6 is 11.6 Å². The van der Waals surface area contributed by atoms with Crippen LogP contribution < -0.4 is 10.2 Å². The second-order valence-electron chi connectivity index (χ2n) is 6.73. The lowest BCUT2D eigenvalue weighted by Gasteiger charge is -2.34. The molecule has 0 spiro atoms. The molecule has 0 aromatic heterocycles. The van der Waals surface area contributed by atoms with Crippen molar-refractivity contribution in [2.75, 3.05) is 31.7 Å². The maximum absolute atomic E-state index is 13.8. The number of aryl methyl sites for hydroxylation is 1. The minimum Gasteiger partial charge on any atom is -0.383 e. The molecule has 1 N–H and O–H groups in total. The summed E-state index contributed by atoms with van der Waals surface area (Å²) in [5.74, 6) is -0.312. The van der Waals surface area contributed by atoms with E-state index in [9.17, 15) is 9.18 Å². The largest absolute Gasteiger partial charge is 0.383 e. The van der Waals surface area contributed by atoms with Crippen molar-refractivity contribution >= 4 is 23.6 Å². The van der Waals surface area contributed by atoms with Gasteiger partial charge in [-0.1, -0.05) is 17.7 Å². The standard InChI is InChI=1S/C22H25ClFN3O2/c1-16-3-5-19(24)11-18(16)15-27(20-6-4-17(13-25)22(23)12-20)21(7-9-28)14-26-8-10-29-2/h3-6,9,11-12,21,26H,7-8,10,14-15H2,1-2H3/t21-/m0/s1. The zero-order valence-electron chi connectivity index (χ0n) is 16.6.